The van der Waals surface area contributed by atoms with Gasteiger partial charge in [0, 0.05) is 17.5 Å². The van der Waals surface area contributed by atoms with Gasteiger partial charge in [-0.3, -0.25) is 5.10 Å². The van der Waals surface area contributed by atoms with Gasteiger partial charge in [-0.1, -0.05) is 17.3 Å². The average molecular weight is 419 g/mol. The molecule has 0 spiro atoms. The van der Waals surface area contributed by atoms with Crippen LogP contribution >= 0.6 is 12.4 Å². The highest BCUT2D eigenvalue weighted by molar-refractivity contribution is 5.94. The van der Waals surface area contributed by atoms with E-state index in [-0.39, 0.29) is 12.4 Å². The van der Waals surface area contributed by atoms with Gasteiger partial charge in [0.25, 0.3) is 0 Å². The lowest BCUT2D eigenvalue weighted by atomic mass is 10.0. The van der Waals surface area contributed by atoms with Crippen molar-refractivity contribution in [1.82, 2.24) is 30.5 Å². The van der Waals surface area contributed by atoms with Crippen LogP contribution in [0.2, 0.25) is 0 Å². The van der Waals surface area contributed by atoms with E-state index in [1.165, 1.54) is 11.1 Å². The van der Waals surface area contributed by atoms with Crippen molar-refractivity contribution in [3.63, 3.8) is 0 Å². The van der Waals surface area contributed by atoms with Crippen LogP contribution in [0.3, 0.4) is 0 Å². The van der Waals surface area contributed by atoms with Crippen molar-refractivity contribution in [2.45, 2.75) is 13.0 Å². The van der Waals surface area contributed by atoms with Gasteiger partial charge in [0.15, 0.2) is 0 Å². The maximum atomic E-state index is 5.22. The molecule has 1 aliphatic rings. The molecule has 2 aromatic carbocycles. The van der Waals surface area contributed by atoms with Crippen LogP contribution in [0.4, 0.5) is 0 Å². The Labute approximate surface area is 178 Å². The number of furan rings is 1. The zero-order valence-electron chi connectivity index (χ0n) is 16.0. The minimum Gasteiger partial charge on any atom is -0.472 e. The van der Waals surface area contributed by atoms with Gasteiger partial charge >= 0.3 is 0 Å². The molecular weight excluding hydrogens is 400 g/mol. The van der Waals surface area contributed by atoms with E-state index in [4.69, 9.17) is 4.42 Å². The number of nitrogens with one attached hydrogen (secondary N) is 2. The fourth-order valence-corrected chi connectivity index (χ4v) is 3.93. The second-order valence-electron chi connectivity index (χ2n) is 7.27. The second-order valence-corrected chi connectivity index (χ2v) is 7.27. The van der Waals surface area contributed by atoms with E-state index in [9.17, 15) is 0 Å². The highest BCUT2D eigenvalue weighted by Gasteiger charge is 2.15. The van der Waals surface area contributed by atoms with E-state index in [2.05, 4.69) is 50.1 Å². The lowest BCUT2D eigenvalue weighted by Crippen LogP contribution is -2.23. The molecule has 7 nitrogen and oxygen atoms in total. The molecule has 3 aromatic heterocycles. The number of fused-ring (bicyclic) bond motifs is 2. The minimum atomic E-state index is 0. The van der Waals surface area contributed by atoms with Crippen LogP contribution in [-0.4, -0.2) is 31.7 Å². The molecule has 30 heavy (non-hydrogen) atoms. The quantitative estimate of drug-likeness (QED) is 0.460. The van der Waals surface area contributed by atoms with Crippen molar-refractivity contribution in [3.05, 3.63) is 72.3 Å². The molecule has 0 bridgehead atoms. The van der Waals surface area contributed by atoms with Crippen molar-refractivity contribution >= 4 is 23.3 Å². The van der Waals surface area contributed by atoms with Crippen molar-refractivity contribution in [3.8, 4) is 28.2 Å². The number of aromatic nitrogens is 5. The van der Waals surface area contributed by atoms with E-state index >= 15 is 0 Å². The van der Waals surface area contributed by atoms with Crippen LogP contribution in [0.15, 0.2) is 65.6 Å². The smallest absolute Gasteiger partial charge is 0.134 e. The fourth-order valence-electron chi connectivity index (χ4n) is 3.93. The van der Waals surface area contributed by atoms with Gasteiger partial charge in [-0.25, -0.2) is 4.68 Å². The Morgan fingerprint density at radius 2 is 1.97 bits per heavy atom. The van der Waals surface area contributed by atoms with E-state index in [1.807, 2.05) is 29.1 Å². The second kappa shape index (κ2) is 7.44. The maximum absolute atomic E-state index is 5.22. The van der Waals surface area contributed by atoms with Crippen LogP contribution in [0.25, 0.3) is 39.1 Å². The number of hydrogen-bond donors (Lipinski definition) is 2. The molecule has 0 amide bonds. The topological polar surface area (TPSA) is 84.6 Å². The summed E-state index contributed by atoms with van der Waals surface area (Å²) < 4.78 is 7.03. The third-order valence-corrected chi connectivity index (χ3v) is 5.49. The Morgan fingerprint density at radius 1 is 1.00 bits per heavy atom. The third-order valence-electron chi connectivity index (χ3n) is 5.49. The lowest BCUT2D eigenvalue weighted by Gasteiger charge is -2.17. The molecule has 2 N–H and O–H groups in total. The zero-order chi connectivity index (χ0) is 19.2. The molecule has 6 rings (SSSR count). The first kappa shape index (κ1) is 18.6. The minimum absolute atomic E-state index is 0. The molecule has 0 saturated heterocycles. The summed E-state index contributed by atoms with van der Waals surface area (Å²) >= 11 is 0. The Morgan fingerprint density at radius 3 is 2.87 bits per heavy atom. The van der Waals surface area contributed by atoms with Gasteiger partial charge < -0.3 is 9.73 Å². The third kappa shape index (κ3) is 3.08. The Balaban J connectivity index is 0.00000193. The molecule has 150 valence electrons. The number of H-pyrrole nitrogens is 1. The van der Waals surface area contributed by atoms with Gasteiger partial charge in [0.2, 0.25) is 0 Å². The van der Waals surface area contributed by atoms with Gasteiger partial charge in [-0.05, 0) is 60.0 Å². The molecule has 8 heteroatoms. The molecule has 0 aliphatic carbocycles. The largest absolute Gasteiger partial charge is 0.472 e. The Hall–Kier alpha value is -3.42. The van der Waals surface area contributed by atoms with Crippen LogP contribution < -0.4 is 5.32 Å². The number of benzene rings is 2. The summed E-state index contributed by atoms with van der Waals surface area (Å²) in [7, 11) is 0. The van der Waals surface area contributed by atoms with Gasteiger partial charge in [0.1, 0.15) is 11.4 Å². The first-order valence-corrected chi connectivity index (χ1v) is 9.61. The summed E-state index contributed by atoms with van der Waals surface area (Å²) in [5.41, 5.74) is 8.31. The van der Waals surface area contributed by atoms with E-state index < -0.39 is 0 Å². The zero-order valence-corrected chi connectivity index (χ0v) is 16.8. The van der Waals surface area contributed by atoms with Crippen LogP contribution in [0.5, 0.6) is 0 Å². The molecule has 0 saturated carbocycles. The Kier molecular flexibility index (Phi) is 4.61. The number of rotatable bonds is 3. The monoisotopic (exact) mass is 418 g/mol. The van der Waals surface area contributed by atoms with E-state index in [1.54, 1.807) is 12.5 Å². The summed E-state index contributed by atoms with van der Waals surface area (Å²) in [6.07, 6.45) is 6.41. The molecular formula is C22H19ClN6O. The SMILES string of the molecule is Cl.c1cc(-c2ccc3[nH]nc(-c4cn(-c5ccc6c(c5)CNCC6)nn4)c3c2)co1. The van der Waals surface area contributed by atoms with Crippen molar-refractivity contribution in [2.75, 3.05) is 6.54 Å². The molecule has 1 aliphatic heterocycles. The summed E-state index contributed by atoms with van der Waals surface area (Å²) in [5.74, 6) is 0. The van der Waals surface area contributed by atoms with Crippen molar-refractivity contribution in [1.29, 1.82) is 0 Å². The predicted molar refractivity (Wildman–Crippen MR) is 117 cm³/mol. The summed E-state index contributed by atoms with van der Waals surface area (Å²) in [4.78, 5) is 0. The molecule has 4 heterocycles. The summed E-state index contributed by atoms with van der Waals surface area (Å²) in [6.45, 7) is 1.93. The number of nitrogens with zero attached hydrogens (tertiary/aromatic N) is 4. The first-order chi connectivity index (χ1) is 14.3. The molecule has 0 atom stereocenters. The van der Waals surface area contributed by atoms with Crippen LogP contribution in [0.1, 0.15) is 11.1 Å². The molecule has 0 unspecified atom stereocenters. The summed E-state index contributed by atoms with van der Waals surface area (Å²) in [6, 6.07) is 14.6. The fraction of sp³-hybridized carbons (Fsp3) is 0.136. The molecule has 0 fully saturated rings. The van der Waals surface area contributed by atoms with Gasteiger partial charge in [0.05, 0.1) is 29.9 Å². The van der Waals surface area contributed by atoms with Crippen molar-refractivity contribution in [2.24, 2.45) is 0 Å². The summed E-state index contributed by atoms with van der Waals surface area (Å²) in [5, 5.41) is 20.7. The molecule has 5 aromatic rings. The van der Waals surface area contributed by atoms with Gasteiger partial charge in [-0.2, -0.15) is 5.10 Å². The number of aromatic amines is 1. The highest BCUT2D eigenvalue weighted by atomic mass is 35.5. The van der Waals surface area contributed by atoms with E-state index in [0.717, 1.165) is 58.6 Å². The molecule has 0 radical (unpaired) electrons. The Bertz CT molecular complexity index is 1320. The lowest BCUT2D eigenvalue weighted by molar-refractivity contribution is 0.568. The van der Waals surface area contributed by atoms with Gasteiger partial charge in [-0.15, -0.1) is 17.5 Å². The van der Waals surface area contributed by atoms with Crippen LogP contribution in [-0.2, 0) is 13.0 Å². The highest BCUT2D eigenvalue weighted by Crippen LogP contribution is 2.30. The normalized spacial score (nSPS) is 13.2. The predicted octanol–water partition coefficient (Wildman–Crippen LogP) is 4.14. The van der Waals surface area contributed by atoms with Crippen LogP contribution in [0, 0.1) is 0 Å². The maximum Gasteiger partial charge on any atom is 0.134 e. The number of halogens is 1. The first-order valence-electron chi connectivity index (χ1n) is 9.61. The van der Waals surface area contributed by atoms with Crippen molar-refractivity contribution < 1.29 is 4.42 Å². The average Bonchev–Trinajstić information content (AvgIpc) is 3.53. The number of hydrogen-bond acceptors (Lipinski definition) is 5. The van der Waals surface area contributed by atoms with E-state index in [0.29, 0.717) is 0 Å². The standard InChI is InChI=1S/C22H18N6O.ClH/c1-3-18(9-17-11-23-7-5-14(1)17)28-12-21(25-27-28)22-19-10-15(16-6-8-29-13-16)2-4-20(19)24-26-22;/h1-4,6,8-10,12-13,23H,5,7,11H2,(H,24,26);1H.